The third-order valence-corrected chi connectivity index (χ3v) is 6.57. The summed E-state index contributed by atoms with van der Waals surface area (Å²) in [6, 6.07) is 0. The molecular weight excluding hydrogens is 360 g/mol. The van der Waals surface area contributed by atoms with Crippen LogP contribution in [-0.4, -0.2) is 81.0 Å². The molecule has 28 heavy (non-hydrogen) atoms. The standard InChI is InChI=1S/C21H38N2O5/c1-4-27-19(24)17-8-10-18(11-9-17)28-20(22-13-5-6-14-22)23-15-7-12-21(23,26-3)16-25-2/h17-18,20H,4-16H2,1-3H3/t17?,18?,20?,21-/m0/s1. The Balaban J connectivity index is 1.65. The van der Waals surface area contributed by atoms with Crippen molar-refractivity contribution >= 4 is 5.97 Å². The molecule has 1 saturated carbocycles. The Labute approximate surface area is 169 Å². The number of esters is 1. The van der Waals surface area contributed by atoms with Gasteiger partial charge in [-0.15, -0.1) is 0 Å². The summed E-state index contributed by atoms with van der Waals surface area (Å²) in [6.07, 6.45) is 8.09. The average Bonchev–Trinajstić information content (AvgIpc) is 3.38. The first-order chi connectivity index (χ1) is 13.6. The fraction of sp³-hybridized carbons (Fsp3) is 0.952. The number of rotatable bonds is 9. The highest BCUT2D eigenvalue weighted by molar-refractivity contribution is 5.72. The lowest BCUT2D eigenvalue weighted by molar-refractivity contribution is -0.259. The van der Waals surface area contributed by atoms with Gasteiger partial charge >= 0.3 is 5.97 Å². The van der Waals surface area contributed by atoms with Gasteiger partial charge in [0.15, 0.2) is 6.35 Å². The molecule has 0 bridgehead atoms. The van der Waals surface area contributed by atoms with Crippen LogP contribution in [0.4, 0.5) is 0 Å². The number of likely N-dealkylation sites (tertiary alicyclic amines) is 2. The number of ether oxygens (including phenoxy) is 4. The Morgan fingerprint density at radius 2 is 1.79 bits per heavy atom. The second-order valence-corrected chi connectivity index (χ2v) is 8.31. The predicted octanol–water partition coefficient (Wildman–Crippen LogP) is 2.59. The van der Waals surface area contributed by atoms with Gasteiger partial charge in [-0.2, -0.15) is 0 Å². The summed E-state index contributed by atoms with van der Waals surface area (Å²) in [4.78, 5) is 16.9. The number of carbonyl (C=O) groups excluding carboxylic acids is 1. The van der Waals surface area contributed by atoms with Gasteiger partial charge in [0.2, 0.25) is 0 Å². The highest BCUT2D eigenvalue weighted by atomic mass is 16.6. The van der Waals surface area contributed by atoms with E-state index in [1.165, 1.54) is 12.8 Å². The largest absolute Gasteiger partial charge is 0.466 e. The lowest BCUT2D eigenvalue weighted by Gasteiger charge is -2.46. The van der Waals surface area contributed by atoms with E-state index in [9.17, 15) is 4.79 Å². The van der Waals surface area contributed by atoms with Crippen molar-refractivity contribution in [2.24, 2.45) is 5.92 Å². The number of carbonyl (C=O) groups is 1. The van der Waals surface area contributed by atoms with Crippen molar-refractivity contribution in [1.29, 1.82) is 0 Å². The minimum atomic E-state index is -0.413. The second kappa shape index (κ2) is 10.3. The third kappa shape index (κ3) is 4.87. The van der Waals surface area contributed by atoms with E-state index in [0.29, 0.717) is 13.2 Å². The van der Waals surface area contributed by atoms with Crippen molar-refractivity contribution in [2.75, 3.05) is 47.1 Å². The van der Waals surface area contributed by atoms with Crippen LogP contribution in [0.2, 0.25) is 0 Å². The van der Waals surface area contributed by atoms with Crippen LogP contribution in [0.1, 0.15) is 58.3 Å². The molecule has 0 aromatic carbocycles. The van der Waals surface area contributed by atoms with Crippen LogP contribution in [0.5, 0.6) is 0 Å². The maximum atomic E-state index is 12.0. The van der Waals surface area contributed by atoms with E-state index < -0.39 is 5.72 Å². The van der Waals surface area contributed by atoms with E-state index >= 15 is 0 Å². The van der Waals surface area contributed by atoms with Crippen LogP contribution in [0.3, 0.4) is 0 Å². The lowest BCUT2D eigenvalue weighted by Crippen LogP contribution is -2.60. The molecule has 162 valence electrons. The Kier molecular flexibility index (Phi) is 8.12. The summed E-state index contributed by atoms with van der Waals surface area (Å²) in [7, 11) is 3.52. The smallest absolute Gasteiger partial charge is 0.308 e. The van der Waals surface area contributed by atoms with Gasteiger partial charge in [0.05, 0.1) is 25.2 Å². The average molecular weight is 399 g/mol. The molecule has 2 heterocycles. The van der Waals surface area contributed by atoms with Gasteiger partial charge in [-0.3, -0.25) is 9.69 Å². The molecular formula is C21H38N2O5. The Bertz CT molecular complexity index is 491. The van der Waals surface area contributed by atoms with Crippen LogP contribution in [0, 0.1) is 5.92 Å². The SMILES string of the molecule is CCOC(=O)C1CCC(OC(N2CCCC2)N2CCC[C@@]2(COC)OC)CC1. The normalized spacial score (nSPS) is 33.2. The molecule has 2 aliphatic heterocycles. The van der Waals surface area contributed by atoms with Crippen molar-refractivity contribution in [2.45, 2.75) is 76.5 Å². The summed E-state index contributed by atoms with van der Waals surface area (Å²) in [6.45, 7) is 5.95. The minimum absolute atomic E-state index is 0.0309. The van der Waals surface area contributed by atoms with Crippen molar-refractivity contribution in [3.63, 3.8) is 0 Å². The molecule has 3 fully saturated rings. The summed E-state index contributed by atoms with van der Waals surface area (Å²) in [5.74, 6) is -0.0153. The molecule has 3 rings (SSSR count). The van der Waals surface area contributed by atoms with E-state index in [4.69, 9.17) is 18.9 Å². The van der Waals surface area contributed by atoms with Gasteiger partial charge in [-0.25, -0.2) is 4.90 Å². The van der Waals surface area contributed by atoms with E-state index in [1.54, 1.807) is 14.2 Å². The topological polar surface area (TPSA) is 60.5 Å². The van der Waals surface area contributed by atoms with Crippen LogP contribution >= 0.6 is 0 Å². The van der Waals surface area contributed by atoms with Gasteiger partial charge in [-0.1, -0.05) is 0 Å². The molecule has 0 spiro atoms. The molecule has 3 aliphatic rings. The highest BCUT2D eigenvalue weighted by Crippen LogP contribution is 2.36. The van der Waals surface area contributed by atoms with Crippen LogP contribution in [0.15, 0.2) is 0 Å². The Morgan fingerprint density at radius 3 is 2.39 bits per heavy atom. The number of hydrogen-bond acceptors (Lipinski definition) is 7. The number of nitrogens with zero attached hydrogens (tertiary/aromatic N) is 2. The van der Waals surface area contributed by atoms with Gasteiger partial charge < -0.3 is 18.9 Å². The van der Waals surface area contributed by atoms with E-state index in [2.05, 4.69) is 9.80 Å². The highest BCUT2D eigenvalue weighted by Gasteiger charge is 2.48. The van der Waals surface area contributed by atoms with Crippen molar-refractivity contribution in [3.8, 4) is 0 Å². The predicted molar refractivity (Wildman–Crippen MR) is 106 cm³/mol. The van der Waals surface area contributed by atoms with Crippen LogP contribution in [-0.2, 0) is 23.7 Å². The zero-order valence-electron chi connectivity index (χ0n) is 17.9. The van der Waals surface area contributed by atoms with Crippen molar-refractivity contribution < 1.29 is 23.7 Å². The molecule has 2 atom stereocenters. The second-order valence-electron chi connectivity index (χ2n) is 8.31. The third-order valence-electron chi connectivity index (χ3n) is 6.57. The molecule has 2 saturated heterocycles. The maximum absolute atomic E-state index is 12.0. The number of hydrogen-bond donors (Lipinski definition) is 0. The monoisotopic (exact) mass is 398 g/mol. The first-order valence-electron chi connectivity index (χ1n) is 11.0. The van der Waals surface area contributed by atoms with Gasteiger partial charge in [0.25, 0.3) is 0 Å². The molecule has 0 aromatic heterocycles. The van der Waals surface area contributed by atoms with Crippen LogP contribution in [0.25, 0.3) is 0 Å². The molecule has 0 N–H and O–H groups in total. The minimum Gasteiger partial charge on any atom is -0.466 e. The van der Waals surface area contributed by atoms with Gasteiger partial charge in [0, 0.05) is 33.9 Å². The van der Waals surface area contributed by atoms with Crippen molar-refractivity contribution in [1.82, 2.24) is 9.80 Å². The zero-order chi connectivity index (χ0) is 20.0. The molecule has 1 aliphatic carbocycles. The van der Waals surface area contributed by atoms with E-state index in [1.807, 2.05) is 6.92 Å². The molecule has 0 aromatic rings. The maximum Gasteiger partial charge on any atom is 0.308 e. The Hall–Kier alpha value is -0.730. The van der Waals surface area contributed by atoms with E-state index in [0.717, 1.165) is 58.2 Å². The lowest BCUT2D eigenvalue weighted by atomic mass is 9.87. The Morgan fingerprint density at radius 1 is 1.07 bits per heavy atom. The zero-order valence-corrected chi connectivity index (χ0v) is 17.9. The summed E-state index contributed by atoms with van der Waals surface area (Å²) < 4.78 is 23.4. The molecule has 0 amide bonds. The fourth-order valence-corrected chi connectivity index (χ4v) is 5.03. The summed E-state index contributed by atoms with van der Waals surface area (Å²) in [5, 5.41) is 0. The molecule has 0 radical (unpaired) electrons. The van der Waals surface area contributed by atoms with E-state index in [-0.39, 0.29) is 24.3 Å². The summed E-state index contributed by atoms with van der Waals surface area (Å²) >= 11 is 0. The molecule has 7 heteroatoms. The first kappa shape index (κ1) is 22.0. The molecule has 1 unspecified atom stereocenters. The van der Waals surface area contributed by atoms with Crippen molar-refractivity contribution in [3.05, 3.63) is 0 Å². The molecule has 7 nitrogen and oxygen atoms in total. The first-order valence-corrected chi connectivity index (χ1v) is 11.0. The fourth-order valence-electron chi connectivity index (χ4n) is 5.03. The van der Waals surface area contributed by atoms with Crippen LogP contribution < -0.4 is 0 Å². The van der Waals surface area contributed by atoms with Gasteiger partial charge in [-0.05, 0) is 58.3 Å². The summed E-state index contributed by atoms with van der Waals surface area (Å²) in [5.41, 5.74) is -0.413. The quantitative estimate of drug-likeness (QED) is 0.553. The number of methoxy groups -OCH3 is 2. The van der Waals surface area contributed by atoms with Gasteiger partial charge in [0.1, 0.15) is 5.72 Å².